The van der Waals surface area contributed by atoms with Crippen LogP contribution in [0.25, 0.3) is 10.6 Å². The van der Waals surface area contributed by atoms with Gasteiger partial charge in [-0.1, -0.05) is 153 Å². The number of para-hydroxylation sites is 4. The van der Waals surface area contributed by atoms with Gasteiger partial charge in [0.15, 0.2) is 0 Å². The summed E-state index contributed by atoms with van der Waals surface area (Å²) < 4.78 is 0. The molecule has 0 atom stereocenters. The Kier molecular flexibility index (Phi) is 49.7. The Morgan fingerprint density at radius 3 is 0.686 bits per heavy atom. The van der Waals surface area contributed by atoms with Crippen molar-refractivity contribution in [2.45, 2.75) is 122 Å². The Bertz CT molecular complexity index is 3400. The van der Waals surface area contributed by atoms with E-state index in [4.69, 9.17) is 0 Å². The zero-order valence-electron chi connectivity index (χ0n) is 63.2. The van der Waals surface area contributed by atoms with Crippen LogP contribution >= 0.6 is 0 Å². The van der Waals surface area contributed by atoms with Gasteiger partial charge in [0.2, 0.25) is 0 Å². The van der Waals surface area contributed by atoms with E-state index in [1.54, 1.807) is 0 Å². The van der Waals surface area contributed by atoms with Crippen LogP contribution < -0.4 is 10.6 Å². The molecule has 0 saturated carbocycles. The molecule has 10 aromatic carbocycles. The molecule has 528 valence electrons. The third kappa shape index (κ3) is 43.0. The van der Waals surface area contributed by atoms with Gasteiger partial charge in [0.1, 0.15) is 0 Å². The molecule has 10 rings (SSSR count). The van der Waals surface area contributed by atoms with Gasteiger partial charge in [-0.15, -0.1) is 72.8 Å². The molecule has 0 heterocycles. The maximum absolute atomic E-state index is 4.69. The van der Waals surface area contributed by atoms with E-state index in [0.29, 0.717) is 0 Å². The number of benzene rings is 10. The van der Waals surface area contributed by atoms with Crippen LogP contribution in [0.15, 0.2) is 275 Å². The van der Waals surface area contributed by atoms with Crippen LogP contribution in [0.1, 0.15) is 144 Å². The van der Waals surface area contributed by atoms with E-state index in [9.17, 15) is 0 Å². The first-order chi connectivity index (χ1) is 48.1. The molecule has 0 aliphatic heterocycles. The number of amidine groups is 4. The molecule has 0 spiro atoms. The number of rotatable bonds is 16. The fraction of sp³-hybridized carbons (Fsp3) is 0.239. The van der Waals surface area contributed by atoms with Crippen molar-refractivity contribution in [3.05, 3.63) is 385 Å². The van der Waals surface area contributed by atoms with E-state index in [1.165, 1.54) is 55.9 Å². The maximum Gasteiger partial charge on any atom is 4.00 e. The van der Waals surface area contributed by atoms with Crippen molar-refractivity contribution in [3.8, 4) is 0 Å². The Hall–Kier alpha value is -8.93. The number of aliphatic imine (C=N–C) groups is 4. The van der Waals surface area contributed by atoms with Crippen molar-refractivity contribution in [2.75, 3.05) is 36.8 Å². The van der Waals surface area contributed by atoms with Crippen molar-refractivity contribution >= 4 is 46.1 Å². The van der Waals surface area contributed by atoms with E-state index in [1.807, 2.05) is 210 Å². The first kappa shape index (κ1) is 91.1. The maximum atomic E-state index is 4.69. The zero-order chi connectivity index (χ0) is 73.1. The van der Waals surface area contributed by atoms with Crippen molar-refractivity contribution in [1.29, 1.82) is 0 Å². The van der Waals surface area contributed by atoms with Gasteiger partial charge in [0.05, 0.1) is 11.7 Å². The van der Waals surface area contributed by atoms with Gasteiger partial charge in [-0.2, -0.15) is 148 Å². The molecule has 0 aromatic heterocycles. The van der Waals surface area contributed by atoms with Crippen LogP contribution in [0, 0.1) is 96.9 Å². The van der Waals surface area contributed by atoms with E-state index in [2.05, 4.69) is 211 Å². The normalized spacial score (nSPS) is 10.5. The third-order valence-electron chi connectivity index (χ3n) is 15.1. The number of hydrogen-bond donors (Lipinski definition) is 2. The quantitative estimate of drug-likeness (QED) is 0.0436. The minimum atomic E-state index is 0. The van der Waals surface area contributed by atoms with Crippen LogP contribution in [0.3, 0.4) is 0 Å². The fourth-order valence-corrected chi connectivity index (χ4v) is 9.47. The summed E-state index contributed by atoms with van der Waals surface area (Å²) in [7, 11) is 0. The fourth-order valence-electron chi connectivity index (χ4n) is 9.47. The number of hydrogen-bond acceptors (Lipinski definition) is 4. The van der Waals surface area contributed by atoms with Gasteiger partial charge in [0.25, 0.3) is 0 Å². The van der Waals surface area contributed by atoms with Gasteiger partial charge in [-0.3, -0.25) is 9.98 Å². The van der Waals surface area contributed by atoms with Gasteiger partial charge >= 0.3 is 52.4 Å². The summed E-state index contributed by atoms with van der Waals surface area (Å²) in [5.74, 6) is 3.66. The molecule has 2 N–H and O–H groups in total. The van der Waals surface area contributed by atoms with E-state index in [-0.39, 0.29) is 52.4 Å². The Balaban J connectivity index is 0.000000645. The summed E-state index contributed by atoms with van der Waals surface area (Å²) in [6.07, 6.45) is 6.54. The summed E-state index contributed by atoms with van der Waals surface area (Å²) in [5.41, 5.74) is 20.7. The Labute approximate surface area is 656 Å². The molecule has 10 heteroatoms. The molecule has 0 unspecified atom stereocenters. The van der Waals surface area contributed by atoms with E-state index in [0.717, 1.165) is 133 Å². The van der Waals surface area contributed by atoms with Gasteiger partial charge in [-0.05, 0) is 158 Å². The first-order valence-electron chi connectivity index (χ1n) is 34.6. The molecular weight excluding hydrogens is 1400 g/mol. The third-order valence-corrected chi connectivity index (χ3v) is 15.1. The average molecular weight is 1510 g/mol. The molecular formula is C92H112N8Zr2. The predicted octanol–water partition coefficient (Wildman–Crippen LogP) is 25.3. The minimum absolute atomic E-state index is 0. The molecule has 0 saturated heterocycles. The van der Waals surface area contributed by atoms with Crippen LogP contribution in [-0.4, -0.2) is 49.5 Å². The van der Waals surface area contributed by atoms with E-state index >= 15 is 0 Å². The monoisotopic (exact) mass is 1510 g/mol. The largest absolute Gasteiger partial charge is 4.00 e. The predicted molar refractivity (Wildman–Crippen MR) is 442 cm³/mol. The molecule has 102 heavy (non-hydrogen) atoms. The van der Waals surface area contributed by atoms with Crippen molar-refractivity contribution in [1.82, 2.24) is 0 Å². The number of unbranched alkanes of at least 4 members (excludes halogenated alkanes) is 4. The molecule has 0 aliphatic rings. The van der Waals surface area contributed by atoms with Gasteiger partial charge in [0, 0.05) is 24.5 Å². The number of nitrogens with one attached hydrogen (secondary N) is 2. The van der Waals surface area contributed by atoms with Crippen LogP contribution in [0.5, 0.6) is 0 Å². The summed E-state index contributed by atoms with van der Waals surface area (Å²) in [5, 5.41) is 16.1. The SMILES string of the molecule is CC(=NCCCCCN=C(C)Nc1c(C)cccc1C)Nc1c(C)cccc1C.CC(=Nc1c(C)cccc1C)[N-]CCCCC[N-]C(C)=Nc1c(C)cccc1C.[CH2-]c1ccccc1.[CH2-]c1ccccc1.[CH2-]c1ccccc1.[CH2-]c1ccccc1.[CH2-]c1ccccc1.[CH2-]c1ccccc1.[Zr+4].[Zr+4]. The van der Waals surface area contributed by atoms with Crippen molar-refractivity contribution in [3.63, 3.8) is 0 Å². The summed E-state index contributed by atoms with van der Waals surface area (Å²) in [6, 6.07) is 84.4. The van der Waals surface area contributed by atoms with Gasteiger partial charge in [-0.25, -0.2) is 0 Å². The standard InChI is InChI=1S/C25H36N4.C25H34N4.6C7H7.2Zr/c2*1-18-12-10-13-19(2)24(18)28-22(5)26-16-8-7-9-17-27-23(6)29-25-20(3)14-11-15-21(25)4;6*1-7-5-3-2-4-6-7;;/h10-15H,7-9,16-17H2,1-6H3,(H,26,28)(H,27,29);10-15H,7-9,16-17H2,1-6H3;6*2-6H,1H2;;/q;-2;6*-1;2*+4. The summed E-state index contributed by atoms with van der Waals surface area (Å²) >= 11 is 0. The second-order valence-electron chi connectivity index (χ2n) is 24.3. The Morgan fingerprint density at radius 2 is 0.480 bits per heavy atom. The number of anilines is 2. The van der Waals surface area contributed by atoms with Gasteiger partial charge < -0.3 is 31.3 Å². The average Bonchev–Trinajstić information content (AvgIpc) is 0.894. The van der Waals surface area contributed by atoms with Crippen LogP contribution in [-0.2, 0) is 52.4 Å². The van der Waals surface area contributed by atoms with E-state index < -0.39 is 0 Å². The molecule has 10 aromatic rings. The molecule has 0 bridgehead atoms. The first-order valence-corrected chi connectivity index (χ1v) is 34.6. The second-order valence-corrected chi connectivity index (χ2v) is 24.3. The number of aryl methyl sites for hydroxylation is 8. The molecule has 0 radical (unpaired) electrons. The summed E-state index contributed by atoms with van der Waals surface area (Å²) in [6.45, 7) is 50.6. The Morgan fingerprint density at radius 1 is 0.275 bits per heavy atom. The molecule has 8 nitrogen and oxygen atoms in total. The minimum Gasteiger partial charge on any atom is -0.469 e. The van der Waals surface area contributed by atoms with Crippen molar-refractivity contribution in [2.24, 2.45) is 20.0 Å². The van der Waals surface area contributed by atoms with Crippen LogP contribution in [0.4, 0.5) is 22.7 Å². The molecule has 0 fully saturated rings. The molecule has 0 amide bonds. The number of nitrogens with zero attached hydrogens (tertiary/aromatic N) is 6. The summed E-state index contributed by atoms with van der Waals surface area (Å²) in [4.78, 5) is 18.7. The topological polar surface area (TPSA) is 102 Å². The van der Waals surface area contributed by atoms with Crippen LogP contribution in [0.2, 0.25) is 0 Å². The molecule has 0 aliphatic carbocycles. The smallest absolute Gasteiger partial charge is 0.469 e. The second kappa shape index (κ2) is 55.7. The van der Waals surface area contributed by atoms with Crippen molar-refractivity contribution < 1.29 is 52.4 Å². The zero-order valence-corrected chi connectivity index (χ0v) is 68.2.